The highest BCUT2D eigenvalue weighted by Gasteiger charge is 2.17. The molecule has 0 bridgehead atoms. The topological polar surface area (TPSA) is 29.5 Å². The Balaban J connectivity index is 2.70. The smallest absolute Gasteiger partial charge is 0.118 e. The molecule has 0 saturated heterocycles. The van der Waals surface area contributed by atoms with E-state index in [0.717, 1.165) is 17.7 Å². The van der Waals surface area contributed by atoms with Crippen molar-refractivity contribution in [1.82, 2.24) is 0 Å². The van der Waals surface area contributed by atoms with Gasteiger partial charge in [-0.1, -0.05) is 32.9 Å². The van der Waals surface area contributed by atoms with Crippen molar-refractivity contribution in [1.29, 1.82) is 0 Å². The quantitative estimate of drug-likeness (QED) is 0.826. The zero-order chi connectivity index (χ0) is 11.5. The molecule has 15 heavy (non-hydrogen) atoms. The van der Waals surface area contributed by atoms with E-state index in [1.54, 1.807) is 7.11 Å². The van der Waals surface area contributed by atoms with Crippen molar-refractivity contribution in [3.63, 3.8) is 0 Å². The predicted octanol–water partition coefficient (Wildman–Crippen LogP) is 3.16. The van der Waals surface area contributed by atoms with E-state index in [-0.39, 0.29) is 5.41 Å². The Bertz CT molecular complexity index is 295. The summed E-state index contributed by atoms with van der Waals surface area (Å²) in [6.45, 7) is 6.37. The fourth-order valence-corrected chi connectivity index (χ4v) is 1.52. The molecule has 84 valence electrons. The molecule has 0 heterocycles. The van der Waals surface area contributed by atoms with E-state index >= 15 is 0 Å². The van der Waals surface area contributed by atoms with Gasteiger partial charge in [0.25, 0.3) is 0 Å². The number of aliphatic hydroxyl groups is 1. The Hall–Kier alpha value is -1.02. The van der Waals surface area contributed by atoms with E-state index in [2.05, 4.69) is 20.8 Å². The molecule has 1 atom stereocenters. The average Bonchev–Trinajstić information content (AvgIpc) is 2.15. The largest absolute Gasteiger partial charge is 0.497 e. The third-order valence-corrected chi connectivity index (χ3v) is 2.31. The summed E-state index contributed by atoms with van der Waals surface area (Å²) in [7, 11) is 1.64. The highest BCUT2D eigenvalue weighted by atomic mass is 16.5. The fourth-order valence-electron chi connectivity index (χ4n) is 1.52. The van der Waals surface area contributed by atoms with Gasteiger partial charge in [-0.15, -0.1) is 0 Å². The molecule has 0 amide bonds. The molecular weight excluding hydrogens is 188 g/mol. The molecule has 0 aliphatic rings. The van der Waals surface area contributed by atoms with Gasteiger partial charge in [-0.25, -0.2) is 0 Å². The number of aliphatic hydroxyl groups excluding tert-OH is 1. The summed E-state index contributed by atoms with van der Waals surface area (Å²) >= 11 is 0. The Morgan fingerprint density at radius 3 is 2.13 bits per heavy atom. The zero-order valence-corrected chi connectivity index (χ0v) is 9.95. The van der Waals surface area contributed by atoms with Gasteiger partial charge >= 0.3 is 0 Å². The van der Waals surface area contributed by atoms with Gasteiger partial charge in [0.1, 0.15) is 5.75 Å². The third kappa shape index (κ3) is 3.92. The summed E-state index contributed by atoms with van der Waals surface area (Å²) < 4.78 is 5.07. The first-order valence-corrected chi connectivity index (χ1v) is 5.24. The summed E-state index contributed by atoms with van der Waals surface area (Å²) in [6.07, 6.45) is 0.371. The lowest BCUT2D eigenvalue weighted by Crippen LogP contribution is -2.11. The van der Waals surface area contributed by atoms with Crippen molar-refractivity contribution < 1.29 is 9.84 Å². The Morgan fingerprint density at radius 1 is 1.20 bits per heavy atom. The highest BCUT2D eigenvalue weighted by Crippen LogP contribution is 2.29. The summed E-state index contributed by atoms with van der Waals surface area (Å²) in [5, 5.41) is 9.98. The maximum Gasteiger partial charge on any atom is 0.118 e. The molecule has 1 N–H and O–H groups in total. The van der Waals surface area contributed by atoms with Crippen LogP contribution >= 0.6 is 0 Å². The van der Waals surface area contributed by atoms with Crippen LogP contribution in [-0.2, 0) is 0 Å². The minimum Gasteiger partial charge on any atom is -0.497 e. The minimum absolute atomic E-state index is 0.138. The minimum atomic E-state index is -0.393. The van der Waals surface area contributed by atoms with Gasteiger partial charge in [0, 0.05) is 0 Å². The van der Waals surface area contributed by atoms with Gasteiger partial charge in [-0.3, -0.25) is 0 Å². The Kier molecular flexibility index (Phi) is 3.75. The molecule has 0 radical (unpaired) electrons. The first-order valence-electron chi connectivity index (χ1n) is 5.24. The Labute approximate surface area is 91.9 Å². The molecular formula is C13H20O2. The van der Waals surface area contributed by atoms with Crippen molar-refractivity contribution >= 4 is 0 Å². The van der Waals surface area contributed by atoms with Crippen molar-refractivity contribution in [2.24, 2.45) is 5.41 Å². The van der Waals surface area contributed by atoms with Gasteiger partial charge in [-0.05, 0) is 29.5 Å². The first kappa shape index (κ1) is 12.1. The second-order valence-corrected chi connectivity index (χ2v) is 5.05. The van der Waals surface area contributed by atoms with Crippen LogP contribution < -0.4 is 4.74 Å². The first-order chi connectivity index (χ1) is 6.92. The van der Waals surface area contributed by atoms with Crippen molar-refractivity contribution in [2.75, 3.05) is 7.11 Å². The zero-order valence-electron chi connectivity index (χ0n) is 9.95. The van der Waals surface area contributed by atoms with Crippen LogP contribution in [0.2, 0.25) is 0 Å². The summed E-state index contributed by atoms with van der Waals surface area (Å²) in [6, 6.07) is 7.58. The van der Waals surface area contributed by atoms with E-state index in [9.17, 15) is 5.11 Å². The molecule has 1 unspecified atom stereocenters. The number of ether oxygens (including phenoxy) is 1. The molecule has 0 aliphatic carbocycles. The van der Waals surface area contributed by atoms with Gasteiger partial charge in [0.15, 0.2) is 0 Å². The molecule has 0 aliphatic heterocycles. The van der Waals surface area contributed by atoms with Crippen molar-refractivity contribution in [2.45, 2.75) is 33.3 Å². The molecule has 1 aromatic rings. The van der Waals surface area contributed by atoms with Gasteiger partial charge in [0.05, 0.1) is 13.2 Å². The fraction of sp³-hybridized carbons (Fsp3) is 0.538. The van der Waals surface area contributed by atoms with Crippen LogP contribution in [0.1, 0.15) is 38.9 Å². The standard InChI is InChI=1S/C13H20O2/c1-13(2,3)9-12(14)10-5-7-11(15-4)8-6-10/h5-8,12,14H,9H2,1-4H3. The molecule has 0 fully saturated rings. The molecule has 1 aromatic carbocycles. The molecule has 0 saturated carbocycles. The van der Waals surface area contributed by atoms with Crippen LogP contribution in [0.4, 0.5) is 0 Å². The number of hydrogen-bond acceptors (Lipinski definition) is 2. The second-order valence-electron chi connectivity index (χ2n) is 5.05. The van der Waals surface area contributed by atoms with Gasteiger partial charge in [-0.2, -0.15) is 0 Å². The summed E-state index contributed by atoms with van der Waals surface area (Å²) in [5.41, 5.74) is 1.09. The molecule has 2 heteroatoms. The summed E-state index contributed by atoms with van der Waals surface area (Å²) in [5.74, 6) is 0.821. The van der Waals surface area contributed by atoms with Crippen LogP contribution in [-0.4, -0.2) is 12.2 Å². The number of hydrogen-bond donors (Lipinski definition) is 1. The van der Waals surface area contributed by atoms with E-state index in [4.69, 9.17) is 4.74 Å². The van der Waals surface area contributed by atoms with Crippen LogP contribution in [0, 0.1) is 5.41 Å². The van der Waals surface area contributed by atoms with Crippen LogP contribution in [0.3, 0.4) is 0 Å². The molecule has 0 spiro atoms. The van der Waals surface area contributed by atoms with E-state index in [1.807, 2.05) is 24.3 Å². The van der Waals surface area contributed by atoms with Crippen LogP contribution in [0.5, 0.6) is 5.75 Å². The van der Waals surface area contributed by atoms with Crippen LogP contribution in [0.25, 0.3) is 0 Å². The second kappa shape index (κ2) is 4.67. The van der Waals surface area contributed by atoms with Crippen molar-refractivity contribution in [3.8, 4) is 5.75 Å². The van der Waals surface area contributed by atoms with Crippen LogP contribution in [0.15, 0.2) is 24.3 Å². The lowest BCUT2D eigenvalue weighted by Gasteiger charge is -2.22. The molecule has 2 nitrogen and oxygen atoms in total. The Morgan fingerprint density at radius 2 is 1.73 bits per heavy atom. The maximum atomic E-state index is 9.98. The number of rotatable bonds is 3. The maximum absolute atomic E-state index is 9.98. The third-order valence-electron chi connectivity index (χ3n) is 2.31. The monoisotopic (exact) mass is 208 g/mol. The normalized spacial score (nSPS) is 13.7. The van der Waals surface area contributed by atoms with Crippen molar-refractivity contribution in [3.05, 3.63) is 29.8 Å². The van der Waals surface area contributed by atoms with E-state index < -0.39 is 6.10 Å². The van der Waals surface area contributed by atoms with E-state index in [1.165, 1.54) is 0 Å². The van der Waals surface area contributed by atoms with Gasteiger partial charge in [0.2, 0.25) is 0 Å². The highest BCUT2D eigenvalue weighted by molar-refractivity contribution is 5.28. The lowest BCUT2D eigenvalue weighted by atomic mass is 9.87. The number of benzene rings is 1. The van der Waals surface area contributed by atoms with E-state index in [0.29, 0.717) is 0 Å². The number of methoxy groups -OCH3 is 1. The predicted molar refractivity (Wildman–Crippen MR) is 62.0 cm³/mol. The summed E-state index contributed by atoms with van der Waals surface area (Å²) in [4.78, 5) is 0. The molecule has 1 rings (SSSR count). The SMILES string of the molecule is COc1ccc(C(O)CC(C)(C)C)cc1. The van der Waals surface area contributed by atoms with Gasteiger partial charge < -0.3 is 9.84 Å². The molecule has 0 aromatic heterocycles. The lowest BCUT2D eigenvalue weighted by molar-refractivity contribution is 0.122. The average molecular weight is 208 g/mol.